The van der Waals surface area contributed by atoms with Crippen LogP contribution in [0.5, 0.6) is 0 Å². The van der Waals surface area contributed by atoms with Gasteiger partial charge in [0, 0.05) is 19.1 Å². The molecule has 22 heavy (non-hydrogen) atoms. The van der Waals surface area contributed by atoms with Gasteiger partial charge in [-0.05, 0) is 31.6 Å². The van der Waals surface area contributed by atoms with Gasteiger partial charge in [0.25, 0.3) is 0 Å². The van der Waals surface area contributed by atoms with Gasteiger partial charge in [-0.1, -0.05) is 38.8 Å². The van der Waals surface area contributed by atoms with Gasteiger partial charge in [0.15, 0.2) is 5.82 Å². The van der Waals surface area contributed by atoms with Crippen LogP contribution in [-0.2, 0) is 6.54 Å². The maximum atomic E-state index is 10.6. The number of anilines is 1. The normalized spacial score (nSPS) is 26.5. The third-order valence-corrected chi connectivity index (χ3v) is 5.34. The van der Waals surface area contributed by atoms with E-state index in [-0.39, 0.29) is 5.92 Å². The van der Waals surface area contributed by atoms with E-state index in [2.05, 4.69) is 40.1 Å². The van der Waals surface area contributed by atoms with Crippen molar-refractivity contribution in [2.45, 2.75) is 65.1 Å². The minimum absolute atomic E-state index is 0.177. The number of hydrogen-bond acceptors (Lipinski definition) is 4. The summed E-state index contributed by atoms with van der Waals surface area (Å²) in [6, 6.07) is 0.627. The van der Waals surface area contributed by atoms with Gasteiger partial charge in [-0.25, -0.2) is 0 Å². The van der Waals surface area contributed by atoms with Crippen molar-refractivity contribution in [3.8, 4) is 0 Å². The molecular weight excluding hydrogens is 276 g/mol. The zero-order chi connectivity index (χ0) is 15.9. The smallest absolute Gasteiger partial charge is 0.227 e. The Hall–Kier alpha value is -1.36. The molecule has 1 aliphatic carbocycles. The molecule has 2 fully saturated rings. The van der Waals surface area contributed by atoms with Crippen LogP contribution in [0.15, 0.2) is 12.2 Å². The van der Waals surface area contributed by atoms with E-state index in [9.17, 15) is 5.11 Å². The summed E-state index contributed by atoms with van der Waals surface area (Å²) < 4.78 is 2.08. The van der Waals surface area contributed by atoms with Crippen LogP contribution in [0.25, 0.3) is 0 Å². The van der Waals surface area contributed by atoms with Gasteiger partial charge in [-0.2, -0.15) is 0 Å². The first-order chi connectivity index (χ1) is 10.5. The van der Waals surface area contributed by atoms with E-state index in [1.165, 1.54) is 19.3 Å². The molecule has 1 N–H and O–H groups in total. The quantitative estimate of drug-likeness (QED) is 0.821. The number of aromatic nitrogens is 3. The topological polar surface area (TPSA) is 54.2 Å². The average Bonchev–Trinajstić information content (AvgIpc) is 3.02. The van der Waals surface area contributed by atoms with Crippen LogP contribution in [0.3, 0.4) is 0 Å². The lowest BCUT2D eigenvalue weighted by Gasteiger charge is -2.45. The lowest BCUT2D eigenvalue weighted by atomic mass is 9.92. The molecule has 5 nitrogen and oxygen atoms in total. The summed E-state index contributed by atoms with van der Waals surface area (Å²) in [7, 11) is 0. The highest BCUT2D eigenvalue weighted by Crippen LogP contribution is 2.41. The molecule has 5 heteroatoms. The SMILES string of the molecule is C=C(C)Cn1c(C(O)C(C)CC)nnc1N1CC2CCCC21. The number of nitrogens with zero attached hydrogens (tertiary/aromatic N) is 4. The molecular formula is C17H28N4O. The number of allylic oxidation sites excluding steroid dienone is 1. The third-order valence-electron chi connectivity index (χ3n) is 5.34. The predicted octanol–water partition coefficient (Wildman–Crippen LogP) is 2.92. The molecule has 122 valence electrons. The molecule has 1 saturated heterocycles. The largest absolute Gasteiger partial charge is 0.385 e. The first-order valence-electron chi connectivity index (χ1n) is 8.55. The number of rotatable bonds is 6. The van der Waals surface area contributed by atoms with Crippen LogP contribution >= 0.6 is 0 Å². The molecule has 0 bridgehead atoms. The number of aliphatic hydroxyl groups excluding tert-OH is 1. The van der Waals surface area contributed by atoms with E-state index in [0.29, 0.717) is 18.4 Å². The van der Waals surface area contributed by atoms with Gasteiger partial charge in [0.05, 0.1) is 0 Å². The maximum absolute atomic E-state index is 10.6. The zero-order valence-electron chi connectivity index (χ0n) is 14.0. The van der Waals surface area contributed by atoms with Crippen LogP contribution in [0.1, 0.15) is 58.4 Å². The fourth-order valence-corrected chi connectivity index (χ4v) is 3.76. The van der Waals surface area contributed by atoms with Crippen LogP contribution < -0.4 is 4.90 Å². The van der Waals surface area contributed by atoms with Gasteiger partial charge < -0.3 is 10.0 Å². The van der Waals surface area contributed by atoms with E-state index >= 15 is 0 Å². The van der Waals surface area contributed by atoms with Crippen molar-refractivity contribution in [1.82, 2.24) is 14.8 Å². The minimum Gasteiger partial charge on any atom is -0.385 e. The number of fused-ring (bicyclic) bond motifs is 1. The summed E-state index contributed by atoms with van der Waals surface area (Å²) in [5.74, 6) is 2.62. The standard InChI is InChI=1S/C17H28N4O/c1-5-12(4)15(22)16-18-19-17(21(16)9-11(2)3)20-10-13-7-6-8-14(13)20/h12-15,22H,2,5-10H2,1,3-4H3. The van der Waals surface area contributed by atoms with E-state index in [1.807, 2.05) is 6.92 Å². The molecule has 1 aliphatic heterocycles. The number of hydrogen-bond donors (Lipinski definition) is 1. The predicted molar refractivity (Wildman–Crippen MR) is 87.7 cm³/mol. The zero-order valence-corrected chi connectivity index (χ0v) is 14.0. The van der Waals surface area contributed by atoms with Crippen molar-refractivity contribution >= 4 is 5.95 Å². The Kier molecular flexibility index (Phi) is 4.26. The van der Waals surface area contributed by atoms with Crippen molar-refractivity contribution < 1.29 is 5.11 Å². The molecule has 4 unspecified atom stereocenters. The lowest BCUT2D eigenvalue weighted by Crippen LogP contribution is -2.54. The highest BCUT2D eigenvalue weighted by molar-refractivity contribution is 5.40. The molecule has 0 aromatic carbocycles. The molecule has 0 spiro atoms. The van der Waals surface area contributed by atoms with E-state index in [4.69, 9.17) is 0 Å². The Bertz CT molecular complexity index is 553. The van der Waals surface area contributed by atoms with Gasteiger partial charge >= 0.3 is 0 Å². The van der Waals surface area contributed by atoms with Crippen LogP contribution in [0, 0.1) is 11.8 Å². The Balaban J connectivity index is 1.89. The van der Waals surface area contributed by atoms with Crippen molar-refractivity contribution in [2.75, 3.05) is 11.4 Å². The van der Waals surface area contributed by atoms with E-state index < -0.39 is 6.10 Å². The van der Waals surface area contributed by atoms with E-state index in [1.54, 1.807) is 0 Å². The Morgan fingerprint density at radius 3 is 2.82 bits per heavy atom. The Labute approximate surface area is 133 Å². The van der Waals surface area contributed by atoms with Gasteiger partial charge in [-0.15, -0.1) is 10.2 Å². The lowest BCUT2D eigenvalue weighted by molar-refractivity contribution is 0.103. The first kappa shape index (κ1) is 15.5. The van der Waals surface area contributed by atoms with E-state index in [0.717, 1.165) is 30.4 Å². The average molecular weight is 304 g/mol. The van der Waals surface area contributed by atoms with Crippen molar-refractivity contribution in [2.24, 2.45) is 11.8 Å². The van der Waals surface area contributed by atoms with Crippen LogP contribution in [-0.4, -0.2) is 32.5 Å². The maximum Gasteiger partial charge on any atom is 0.227 e. The van der Waals surface area contributed by atoms with Gasteiger partial charge in [-0.3, -0.25) is 4.57 Å². The Morgan fingerprint density at radius 2 is 2.18 bits per heavy atom. The summed E-state index contributed by atoms with van der Waals surface area (Å²) in [5, 5.41) is 19.3. The highest BCUT2D eigenvalue weighted by atomic mass is 16.3. The second kappa shape index (κ2) is 6.03. The summed E-state index contributed by atoms with van der Waals surface area (Å²) in [6.07, 6.45) is 4.28. The molecule has 2 aliphatic rings. The molecule has 1 aromatic rings. The second-order valence-electron chi connectivity index (χ2n) is 7.14. The van der Waals surface area contributed by atoms with Crippen molar-refractivity contribution in [3.63, 3.8) is 0 Å². The minimum atomic E-state index is -0.564. The van der Waals surface area contributed by atoms with Gasteiger partial charge in [0.2, 0.25) is 5.95 Å². The van der Waals surface area contributed by atoms with Crippen molar-refractivity contribution in [3.05, 3.63) is 18.0 Å². The third kappa shape index (κ3) is 2.56. The second-order valence-corrected chi connectivity index (χ2v) is 7.14. The monoisotopic (exact) mass is 304 g/mol. The molecule has 1 saturated carbocycles. The molecule has 2 heterocycles. The fourth-order valence-electron chi connectivity index (χ4n) is 3.76. The van der Waals surface area contributed by atoms with Crippen LogP contribution in [0.4, 0.5) is 5.95 Å². The highest BCUT2D eigenvalue weighted by Gasteiger charge is 2.44. The summed E-state index contributed by atoms with van der Waals surface area (Å²) in [4.78, 5) is 2.38. The molecule has 0 amide bonds. The number of aliphatic hydroxyl groups is 1. The van der Waals surface area contributed by atoms with Crippen LogP contribution in [0.2, 0.25) is 0 Å². The summed E-state index contributed by atoms with van der Waals surface area (Å²) >= 11 is 0. The Morgan fingerprint density at radius 1 is 1.41 bits per heavy atom. The summed E-state index contributed by atoms with van der Waals surface area (Å²) in [5.41, 5.74) is 1.06. The molecule has 1 aromatic heterocycles. The molecule has 0 radical (unpaired) electrons. The van der Waals surface area contributed by atoms with Gasteiger partial charge in [0.1, 0.15) is 6.10 Å². The summed E-state index contributed by atoms with van der Waals surface area (Å²) in [6.45, 7) is 11.9. The molecule has 4 atom stereocenters. The van der Waals surface area contributed by atoms with Crippen molar-refractivity contribution in [1.29, 1.82) is 0 Å². The molecule has 3 rings (SSSR count). The fraction of sp³-hybridized carbons (Fsp3) is 0.765. The first-order valence-corrected chi connectivity index (χ1v) is 8.55.